The molecule has 3 N–H and O–H groups in total. The van der Waals surface area contributed by atoms with Gasteiger partial charge in [-0.15, -0.1) is 0 Å². The molecule has 2 fully saturated rings. The maximum atomic E-state index is 11.7. The minimum Gasteiger partial charge on any atom is -0.754 e. The molecule has 23 heavy (non-hydrogen) atoms. The van der Waals surface area contributed by atoms with Crippen molar-refractivity contribution < 1.29 is 19.5 Å². The quantitative estimate of drug-likeness (QED) is 0.182. The highest BCUT2D eigenvalue weighted by Gasteiger charge is 2.42. The Morgan fingerprint density at radius 1 is 1.48 bits per heavy atom. The third-order valence-electron chi connectivity index (χ3n) is 4.13. The molecule has 1 unspecified atom stereocenters. The van der Waals surface area contributed by atoms with E-state index in [0.29, 0.717) is 18.0 Å². The molecule has 8 nitrogen and oxygen atoms in total. The smallest absolute Gasteiger partial charge is 0.315 e. The van der Waals surface area contributed by atoms with Gasteiger partial charge in [-0.1, -0.05) is 6.42 Å². The van der Waals surface area contributed by atoms with Crippen molar-refractivity contribution in [2.24, 2.45) is 0 Å². The van der Waals surface area contributed by atoms with E-state index in [-0.39, 0.29) is 42.4 Å². The molecule has 130 valence electrons. The lowest BCUT2D eigenvalue weighted by molar-refractivity contribution is -0.137. The molecule has 2 rings (SSSR count). The Balaban J connectivity index is 1.62. The van der Waals surface area contributed by atoms with Crippen LogP contribution >= 0.6 is 11.8 Å². The molecular weight excluding hydrogens is 322 g/mol. The van der Waals surface area contributed by atoms with Crippen LogP contribution < -0.4 is 10.6 Å². The third kappa shape index (κ3) is 4.82. The highest BCUT2D eigenvalue weighted by molar-refractivity contribution is 8.00. The van der Waals surface area contributed by atoms with E-state index in [1.54, 1.807) is 0 Å². The van der Waals surface area contributed by atoms with Crippen LogP contribution in [0, 0.1) is 5.21 Å². The summed E-state index contributed by atoms with van der Waals surface area (Å²) >= 11 is 1.81. The molecule has 0 aromatic heterocycles. The second-order valence-electron chi connectivity index (χ2n) is 5.81. The molecule has 9 heteroatoms. The minimum atomic E-state index is -1.45. The van der Waals surface area contributed by atoms with Crippen molar-refractivity contribution in [1.82, 2.24) is 15.7 Å². The largest absolute Gasteiger partial charge is 0.754 e. The summed E-state index contributed by atoms with van der Waals surface area (Å²) in [6.45, 7) is 0. The summed E-state index contributed by atoms with van der Waals surface area (Å²) in [6, 6.07) is 0.209. The van der Waals surface area contributed by atoms with Gasteiger partial charge in [0.25, 0.3) is 0 Å². The maximum absolute atomic E-state index is 11.7. The molecule has 2 heterocycles. The van der Waals surface area contributed by atoms with Crippen LogP contribution in [0.2, 0.25) is 0 Å². The number of urea groups is 1. The first-order chi connectivity index (χ1) is 11.0. The van der Waals surface area contributed by atoms with E-state index in [2.05, 4.69) is 10.6 Å². The van der Waals surface area contributed by atoms with E-state index >= 15 is 0 Å². The fraction of sp³-hybridized carbons (Fsp3) is 0.786. The van der Waals surface area contributed by atoms with Crippen LogP contribution in [0.4, 0.5) is 4.79 Å². The van der Waals surface area contributed by atoms with Gasteiger partial charge in [0.1, 0.15) is 12.5 Å². The summed E-state index contributed by atoms with van der Waals surface area (Å²) < 4.78 is 0. The average molecular weight is 344 g/mol. The first-order valence-electron chi connectivity index (χ1n) is 7.82. The number of carbonyl (C=O) groups is 3. The summed E-state index contributed by atoms with van der Waals surface area (Å²) in [5.74, 6) is 0.237. The monoisotopic (exact) mass is 344 g/mol. The first kappa shape index (κ1) is 18.0. The van der Waals surface area contributed by atoms with E-state index in [1.165, 1.54) is 0 Å². The van der Waals surface area contributed by atoms with Crippen molar-refractivity contribution in [3.8, 4) is 0 Å². The lowest BCUT2D eigenvalue weighted by Crippen LogP contribution is -2.37. The Hall–Kier alpha value is -1.32. The zero-order valence-electron chi connectivity index (χ0n) is 12.8. The van der Waals surface area contributed by atoms with Gasteiger partial charge in [0, 0.05) is 23.8 Å². The Morgan fingerprint density at radius 3 is 3.00 bits per heavy atom. The third-order valence-corrected chi connectivity index (χ3v) is 5.64. The van der Waals surface area contributed by atoms with E-state index in [1.807, 2.05) is 11.8 Å². The van der Waals surface area contributed by atoms with E-state index in [9.17, 15) is 24.7 Å². The van der Waals surface area contributed by atoms with Gasteiger partial charge in [-0.3, -0.25) is 4.79 Å². The molecule has 0 bridgehead atoms. The van der Waals surface area contributed by atoms with Crippen molar-refractivity contribution in [2.45, 2.75) is 62.1 Å². The van der Waals surface area contributed by atoms with Crippen molar-refractivity contribution in [2.75, 3.05) is 5.75 Å². The highest BCUT2D eigenvalue weighted by Crippen LogP contribution is 2.33. The summed E-state index contributed by atoms with van der Waals surface area (Å²) in [6.07, 6.45) is 1.46. The summed E-state index contributed by atoms with van der Waals surface area (Å²) in [5, 5.41) is 27.2. The van der Waals surface area contributed by atoms with Crippen LogP contribution in [-0.4, -0.2) is 57.7 Å². The Morgan fingerprint density at radius 2 is 2.26 bits per heavy atom. The zero-order valence-corrected chi connectivity index (χ0v) is 13.6. The fourth-order valence-electron chi connectivity index (χ4n) is 2.88. The summed E-state index contributed by atoms with van der Waals surface area (Å²) in [5.41, 5.74) is 0. The number of hydrogen-bond donors (Lipinski definition) is 3. The molecule has 2 saturated heterocycles. The number of aliphatic hydroxyl groups is 1. The summed E-state index contributed by atoms with van der Waals surface area (Å²) in [7, 11) is 0. The normalized spacial score (nSPS) is 27.0. The number of hydroxylamine groups is 2. The van der Waals surface area contributed by atoms with Gasteiger partial charge in [-0.25, -0.2) is 4.79 Å². The van der Waals surface area contributed by atoms with Crippen molar-refractivity contribution in [3.63, 3.8) is 0 Å². The van der Waals surface area contributed by atoms with Crippen LogP contribution in [0.15, 0.2) is 0 Å². The lowest BCUT2D eigenvalue weighted by atomic mass is 10.0. The molecule has 0 aromatic rings. The molecule has 0 aromatic carbocycles. The number of unbranched alkanes of at least 4 members (excludes halogenated alkanes) is 1. The average Bonchev–Trinajstić information content (AvgIpc) is 3.07. The summed E-state index contributed by atoms with van der Waals surface area (Å²) in [4.78, 5) is 33.1. The second-order valence-corrected chi connectivity index (χ2v) is 7.08. The van der Waals surface area contributed by atoms with Gasteiger partial charge < -0.3 is 30.8 Å². The minimum absolute atomic E-state index is 0.0345. The topological polar surface area (TPSA) is 122 Å². The number of aldehydes is 1. The predicted octanol–water partition coefficient (Wildman–Crippen LogP) is 0.336. The van der Waals surface area contributed by atoms with Crippen LogP contribution in [0.25, 0.3) is 0 Å². The SMILES string of the molecule is O=CCCC(O)N([O-])C(=O)CCCC[C@@H]1SC[C@@H]2NC(=O)N[C@@H]21. The molecule has 2 aliphatic rings. The number of hydrogen-bond acceptors (Lipinski definition) is 6. The van der Waals surface area contributed by atoms with Crippen molar-refractivity contribution >= 4 is 30.0 Å². The molecule has 2 aliphatic heterocycles. The number of fused-ring (bicyclic) bond motifs is 1. The molecule has 0 radical (unpaired) electrons. The molecule has 0 spiro atoms. The van der Waals surface area contributed by atoms with Crippen LogP contribution in [0.5, 0.6) is 0 Å². The highest BCUT2D eigenvalue weighted by atomic mass is 32.2. The fourth-order valence-corrected chi connectivity index (χ4v) is 4.42. The Kier molecular flexibility index (Phi) is 6.67. The van der Waals surface area contributed by atoms with Gasteiger partial charge in [-0.2, -0.15) is 11.8 Å². The second kappa shape index (κ2) is 8.51. The molecule has 4 atom stereocenters. The van der Waals surface area contributed by atoms with E-state index < -0.39 is 12.1 Å². The predicted molar refractivity (Wildman–Crippen MR) is 85.5 cm³/mol. The number of rotatable bonds is 9. The van der Waals surface area contributed by atoms with Gasteiger partial charge in [0.2, 0.25) is 5.91 Å². The Bertz CT molecular complexity index is 450. The molecule has 0 saturated carbocycles. The number of thioether (sulfide) groups is 1. The maximum Gasteiger partial charge on any atom is 0.315 e. The van der Waals surface area contributed by atoms with E-state index in [0.717, 1.165) is 18.6 Å². The standard InChI is InChI=1S/C14H22N3O5S/c18-7-3-6-12(20)17(22)11(19)5-2-1-4-10-13-9(8-23-10)15-14(21)16-13/h7,9-10,12-13,20H,1-6,8H2,(H2,15,16,21)/q-1/t9-,10-,12?,13-/m0/s1. The Labute approximate surface area is 138 Å². The van der Waals surface area contributed by atoms with Gasteiger partial charge in [0.15, 0.2) is 0 Å². The van der Waals surface area contributed by atoms with Crippen LogP contribution in [0.1, 0.15) is 38.5 Å². The van der Waals surface area contributed by atoms with Crippen LogP contribution in [0.3, 0.4) is 0 Å². The molecule has 0 aliphatic carbocycles. The number of nitrogens with one attached hydrogen (secondary N) is 2. The van der Waals surface area contributed by atoms with Gasteiger partial charge in [0.05, 0.1) is 12.1 Å². The molecular formula is C14H22N3O5S-. The number of amides is 3. The molecule has 3 amide bonds. The van der Waals surface area contributed by atoms with Crippen molar-refractivity contribution in [3.05, 3.63) is 5.21 Å². The number of nitrogens with zero attached hydrogens (tertiary/aromatic N) is 1. The number of aliphatic hydroxyl groups excluding tert-OH is 1. The number of carbonyl (C=O) groups excluding carboxylic acids is 3. The zero-order chi connectivity index (χ0) is 16.8. The van der Waals surface area contributed by atoms with Crippen LogP contribution in [-0.2, 0) is 9.59 Å². The van der Waals surface area contributed by atoms with Gasteiger partial charge >= 0.3 is 6.03 Å². The lowest BCUT2D eigenvalue weighted by Gasteiger charge is -2.33. The first-order valence-corrected chi connectivity index (χ1v) is 8.87. The van der Waals surface area contributed by atoms with Gasteiger partial charge in [-0.05, 0) is 19.3 Å². The van der Waals surface area contributed by atoms with E-state index in [4.69, 9.17) is 0 Å². The van der Waals surface area contributed by atoms with Crippen molar-refractivity contribution in [1.29, 1.82) is 0 Å².